The van der Waals surface area contributed by atoms with Crippen LogP contribution in [-0.2, 0) is 12.8 Å². The van der Waals surface area contributed by atoms with Gasteiger partial charge in [0.25, 0.3) is 0 Å². The van der Waals surface area contributed by atoms with Crippen LogP contribution in [0.1, 0.15) is 16.9 Å². The van der Waals surface area contributed by atoms with Crippen molar-refractivity contribution in [1.82, 2.24) is 15.3 Å². The highest BCUT2D eigenvalue weighted by molar-refractivity contribution is 7.19. The van der Waals surface area contributed by atoms with Crippen LogP contribution in [0.5, 0.6) is 0 Å². The first-order valence-corrected chi connectivity index (χ1v) is 8.14. The number of aromatic nitrogens is 2. The Kier molecular flexibility index (Phi) is 3.00. The number of aryl methyl sites for hydroxylation is 2. The Morgan fingerprint density at radius 3 is 2.85 bits per heavy atom. The van der Waals surface area contributed by atoms with Gasteiger partial charge < -0.3 is 15.5 Å². The fourth-order valence-electron chi connectivity index (χ4n) is 3.17. The summed E-state index contributed by atoms with van der Waals surface area (Å²) in [7, 11) is 1.96. The summed E-state index contributed by atoms with van der Waals surface area (Å²) in [6.07, 6.45) is 3.67. The van der Waals surface area contributed by atoms with E-state index in [2.05, 4.69) is 15.5 Å². The van der Waals surface area contributed by atoms with Crippen molar-refractivity contribution in [3.8, 4) is 0 Å². The molecule has 0 amide bonds. The molecule has 20 heavy (non-hydrogen) atoms. The van der Waals surface area contributed by atoms with Crippen LogP contribution in [0.25, 0.3) is 10.2 Å². The van der Waals surface area contributed by atoms with E-state index in [1.165, 1.54) is 35.1 Å². The van der Waals surface area contributed by atoms with E-state index in [-0.39, 0.29) is 0 Å². The zero-order valence-electron chi connectivity index (χ0n) is 11.7. The predicted molar refractivity (Wildman–Crippen MR) is 84.1 cm³/mol. The lowest BCUT2D eigenvalue weighted by Gasteiger charge is -2.27. The maximum atomic E-state index is 4.84. The summed E-state index contributed by atoms with van der Waals surface area (Å²) in [6.45, 7) is 3.99. The lowest BCUT2D eigenvalue weighted by atomic mass is 10.2. The van der Waals surface area contributed by atoms with Crippen LogP contribution >= 0.6 is 11.3 Å². The molecular weight excluding hydrogens is 270 g/mol. The summed E-state index contributed by atoms with van der Waals surface area (Å²) in [5.74, 6) is 1.88. The van der Waals surface area contributed by atoms with Crippen molar-refractivity contribution in [3.63, 3.8) is 0 Å². The highest BCUT2D eigenvalue weighted by Gasteiger charge is 2.23. The zero-order valence-corrected chi connectivity index (χ0v) is 12.5. The molecule has 0 atom stereocenters. The molecule has 2 aromatic heterocycles. The molecule has 106 valence electrons. The van der Waals surface area contributed by atoms with Crippen LogP contribution in [0.4, 0.5) is 11.8 Å². The van der Waals surface area contributed by atoms with Crippen molar-refractivity contribution >= 4 is 33.3 Å². The normalized spacial score (nSPS) is 18.6. The molecule has 1 aliphatic carbocycles. The van der Waals surface area contributed by atoms with E-state index in [1.807, 2.05) is 18.4 Å². The van der Waals surface area contributed by atoms with Gasteiger partial charge >= 0.3 is 0 Å². The molecule has 2 aliphatic rings. The Labute approximate surface area is 122 Å². The quantitative estimate of drug-likeness (QED) is 0.880. The number of piperazine rings is 1. The second-order valence-electron chi connectivity index (χ2n) is 5.40. The van der Waals surface area contributed by atoms with Gasteiger partial charge in [0.1, 0.15) is 10.6 Å². The van der Waals surface area contributed by atoms with Crippen LogP contribution in [0, 0.1) is 0 Å². The predicted octanol–water partition coefficient (Wildman–Crippen LogP) is 1.63. The van der Waals surface area contributed by atoms with Gasteiger partial charge in [0.05, 0.1) is 5.39 Å². The molecule has 6 heteroatoms. The van der Waals surface area contributed by atoms with Gasteiger partial charge in [0.2, 0.25) is 5.95 Å². The van der Waals surface area contributed by atoms with Crippen molar-refractivity contribution in [2.24, 2.45) is 0 Å². The van der Waals surface area contributed by atoms with Gasteiger partial charge in [-0.05, 0) is 24.8 Å². The maximum absolute atomic E-state index is 4.84. The van der Waals surface area contributed by atoms with E-state index in [1.54, 1.807) is 0 Å². The maximum Gasteiger partial charge on any atom is 0.228 e. The Hall–Kier alpha value is -1.40. The molecule has 0 unspecified atom stereocenters. The molecule has 5 nitrogen and oxygen atoms in total. The van der Waals surface area contributed by atoms with Gasteiger partial charge in [-0.15, -0.1) is 11.3 Å². The van der Waals surface area contributed by atoms with E-state index >= 15 is 0 Å². The topological polar surface area (TPSA) is 53.1 Å². The van der Waals surface area contributed by atoms with Crippen molar-refractivity contribution < 1.29 is 0 Å². The van der Waals surface area contributed by atoms with Crippen molar-refractivity contribution in [1.29, 1.82) is 0 Å². The summed E-state index contributed by atoms with van der Waals surface area (Å²) in [5.41, 5.74) is 1.49. The number of rotatable bonds is 2. The van der Waals surface area contributed by atoms with Gasteiger partial charge in [-0.1, -0.05) is 0 Å². The summed E-state index contributed by atoms with van der Waals surface area (Å²) >= 11 is 1.86. The molecule has 3 heterocycles. The standard InChI is InChI=1S/C14H19N5S/c1-15-12-11-9-3-2-4-10(9)20-13(11)18-14(17-12)19-7-5-16-6-8-19/h16H,2-8H2,1H3,(H,15,17,18). The van der Waals surface area contributed by atoms with Gasteiger partial charge in [-0.25, -0.2) is 4.98 Å². The first kappa shape index (κ1) is 12.3. The highest BCUT2D eigenvalue weighted by atomic mass is 32.1. The SMILES string of the molecule is CNc1nc(N2CCNCC2)nc2sc3c(c12)CCC3. The highest BCUT2D eigenvalue weighted by Crippen LogP contribution is 2.40. The van der Waals surface area contributed by atoms with E-state index in [4.69, 9.17) is 9.97 Å². The summed E-state index contributed by atoms with van der Waals surface area (Å²) in [5, 5.41) is 7.92. The Bertz CT molecular complexity index is 645. The van der Waals surface area contributed by atoms with E-state index in [0.29, 0.717) is 0 Å². The van der Waals surface area contributed by atoms with Crippen molar-refractivity contribution in [2.45, 2.75) is 19.3 Å². The monoisotopic (exact) mass is 289 g/mol. The second kappa shape index (κ2) is 4.86. The van der Waals surface area contributed by atoms with Crippen LogP contribution in [0.2, 0.25) is 0 Å². The molecule has 2 N–H and O–H groups in total. The minimum Gasteiger partial charge on any atom is -0.372 e. The lowest BCUT2D eigenvalue weighted by molar-refractivity contribution is 0.581. The largest absolute Gasteiger partial charge is 0.372 e. The molecule has 0 bridgehead atoms. The number of nitrogens with zero attached hydrogens (tertiary/aromatic N) is 3. The van der Waals surface area contributed by atoms with E-state index in [0.717, 1.165) is 42.8 Å². The molecule has 1 aliphatic heterocycles. The Balaban J connectivity index is 1.84. The summed E-state index contributed by atoms with van der Waals surface area (Å²) in [4.78, 5) is 14.6. The Morgan fingerprint density at radius 2 is 2.05 bits per heavy atom. The molecule has 0 aromatic carbocycles. The molecule has 1 saturated heterocycles. The fourth-order valence-corrected chi connectivity index (χ4v) is 4.43. The number of hydrogen-bond donors (Lipinski definition) is 2. The second-order valence-corrected chi connectivity index (χ2v) is 6.48. The average molecular weight is 289 g/mol. The summed E-state index contributed by atoms with van der Waals surface area (Å²) in [6, 6.07) is 0. The van der Waals surface area contributed by atoms with Crippen LogP contribution in [-0.4, -0.2) is 43.2 Å². The first-order valence-electron chi connectivity index (χ1n) is 7.32. The lowest BCUT2D eigenvalue weighted by Crippen LogP contribution is -2.44. The van der Waals surface area contributed by atoms with Crippen LogP contribution in [0.15, 0.2) is 0 Å². The number of fused-ring (bicyclic) bond motifs is 3. The number of nitrogens with one attached hydrogen (secondary N) is 2. The van der Waals surface area contributed by atoms with Gasteiger partial charge in [0.15, 0.2) is 0 Å². The number of hydrogen-bond acceptors (Lipinski definition) is 6. The van der Waals surface area contributed by atoms with Gasteiger partial charge in [-0.2, -0.15) is 4.98 Å². The number of anilines is 2. The molecular formula is C14H19N5S. The van der Waals surface area contributed by atoms with Crippen LogP contribution < -0.4 is 15.5 Å². The molecule has 1 fully saturated rings. The first-order chi connectivity index (χ1) is 9.86. The molecule has 2 aromatic rings. The third-order valence-corrected chi connectivity index (χ3v) is 5.38. The minimum atomic E-state index is 0.878. The van der Waals surface area contributed by atoms with Crippen molar-refractivity contribution in [3.05, 3.63) is 10.4 Å². The molecule has 4 rings (SSSR count). The van der Waals surface area contributed by atoms with E-state index < -0.39 is 0 Å². The van der Waals surface area contributed by atoms with Crippen molar-refractivity contribution in [2.75, 3.05) is 43.4 Å². The Morgan fingerprint density at radius 1 is 1.20 bits per heavy atom. The molecule has 0 spiro atoms. The molecule has 0 saturated carbocycles. The van der Waals surface area contributed by atoms with E-state index in [9.17, 15) is 0 Å². The van der Waals surface area contributed by atoms with Crippen LogP contribution in [0.3, 0.4) is 0 Å². The smallest absolute Gasteiger partial charge is 0.228 e. The zero-order chi connectivity index (χ0) is 13.5. The molecule has 0 radical (unpaired) electrons. The third kappa shape index (κ3) is 1.86. The number of thiophene rings is 1. The minimum absolute atomic E-state index is 0.878. The average Bonchev–Trinajstić information content (AvgIpc) is 3.07. The summed E-state index contributed by atoms with van der Waals surface area (Å²) < 4.78 is 0. The van der Waals surface area contributed by atoms with Gasteiger partial charge in [0, 0.05) is 38.1 Å². The van der Waals surface area contributed by atoms with Gasteiger partial charge in [-0.3, -0.25) is 0 Å². The third-order valence-electron chi connectivity index (χ3n) is 4.19. The fraction of sp³-hybridized carbons (Fsp3) is 0.571.